The van der Waals surface area contributed by atoms with Gasteiger partial charge in [-0.2, -0.15) is 0 Å². The quantitative estimate of drug-likeness (QED) is 0.0159. The minimum absolute atomic E-state index is 0.0132. The normalized spacial score (nSPS) is 22.9. The number of carbonyl (C=O) groups is 10. The summed E-state index contributed by atoms with van der Waals surface area (Å²) in [5, 5.41) is 38.9. The van der Waals surface area contributed by atoms with Crippen LogP contribution in [0.4, 0.5) is 0 Å². The largest absolute Gasteiger partial charge is 0.450 e. The number of allylic oxidation sites excluding steroid dienone is 4. The van der Waals surface area contributed by atoms with E-state index in [-0.39, 0.29) is 74.3 Å². The van der Waals surface area contributed by atoms with E-state index in [1.54, 1.807) is 26.2 Å². The van der Waals surface area contributed by atoms with Crippen molar-refractivity contribution in [3.63, 3.8) is 0 Å². The maximum Gasteiger partial charge on any atom is 0.306 e. The molecule has 0 heterocycles. The van der Waals surface area contributed by atoms with Crippen LogP contribution in [0.15, 0.2) is 23.8 Å². The Morgan fingerprint density at radius 1 is 0.596 bits per heavy atom. The predicted molar refractivity (Wildman–Crippen MR) is 377 cm³/mol. The Hall–Kier alpha value is -5.25. The second-order valence-electron chi connectivity index (χ2n) is 25.6. The lowest BCUT2D eigenvalue weighted by molar-refractivity contribution is -0.203. The van der Waals surface area contributed by atoms with Crippen molar-refractivity contribution in [2.75, 3.05) is 211 Å². The van der Waals surface area contributed by atoms with Gasteiger partial charge in [-0.25, -0.2) is 0 Å². The number of amides is 7. The lowest BCUT2D eigenvalue weighted by atomic mass is 9.45. The predicted octanol–water partition coefficient (Wildman–Crippen LogP) is -0.565. The molecule has 4 rings (SSSR count). The third-order valence-electron chi connectivity index (χ3n) is 18.5. The highest BCUT2D eigenvalue weighted by atomic mass is 79.9. The van der Waals surface area contributed by atoms with Gasteiger partial charge in [0, 0.05) is 43.2 Å². The van der Waals surface area contributed by atoms with E-state index in [4.69, 9.17) is 77.9 Å². The Bertz CT molecular complexity index is 2710. The number of alkyl halides is 2. The van der Waals surface area contributed by atoms with Crippen molar-refractivity contribution in [1.82, 2.24) is 37.2 Å². The standard InChI is InChI=1S/C69H113BrClN7O26/c1-6-63(88)104-69(49(2)39-53-52-11-10-50-40-51(80)12-14-66(50,3)68(52,71)56(81)41-67(53,69)4)57(82)47-103-48-76-62(87)44-74-60(85)43-73-61(86)45-75-64(89)55(46-79)78-65(90)54(77-59(84)42-70)9-7-8-15-72-58(83)13-16-92-19-20-94-23-24-96-27-28-98-31-32-100-35-36-102-38-37-101-34-33-99-30-29-97-26-25-95-22-21-93-18-17-91-5/h12,14,40,49,52-56,79,81H,6-11,13,15-39,41-48H2,1-5H3,(H,72,83)(H,73,86)(H,74,85)(H,75,89)(H,76,87)(H,77,84)(H,78,90)/t49-,52-,53?,54-,55-,56-,66-,67-,68-,69-/m0/s1. The van der Waals surface area contributed by atoms with Gasteiger partial charge in [-0.15, -0.1) is 11.6 Å². The average molecular weight is 1570 g/mol. The van der Waals surface area contributed by atoms with Crippen molar-refractivity contribution in [2.45, 2.75) is 114 Å². The lowest BCUT2D eigenvalue weighted by Gasteiger charge is -2.64. The number of carbonyl (C=O) groups excluding carboxylic acids is 10. The first-order chi connectivity index (χ1) is 50.1. The first-order valence-electron chi connectivity index (χ1n) is 35.7. The highest BCUT2D eigenvalue weighted by Crippen LogP contribution is 2.72. The molecule has 1 unspecified atom stereocenters. The maximum atomic E-state index is 14.5. The highest BCUT2D eigenvalue weighted by molar-refractivity contribution is 9.09. The first kappa shape index (κ1) is 91.1. The maximum absolute atomic E-state index is 14.5. The number of nitrogens with one attached hydrogen (secondary N) is 7. The van der Waals surface area contributed by atoms with Crippen LogP contribution >= 0.6 is 27.5 Å². The second kappa shape index (κ2) is 51.1. The molecule has 4 aliphatic rings. The minimum Gasteiger partial charge on any atom is -0.450 e. The van der Waals surface area contributed by atoms with Gasteiger partial charge < -0.3 is 114 Å². The zero-order chi connectivity index (χ0) is 76.1. The number of Topliss-reactive ketones (excluding diaryl/α,β-unsaturated/α-hetero) is 1. The van der Waals surface area contributed by atoms with E-state index in [0.29, 0.717) is 171 Å². The van der Waals surface area contributed by atoms with E-state index >= 15 is 0 Å². The summed E-state index contributed by atoms with van der Waals surface area (Å²) < 4.78 is 76.9. The smallest absolute Gasteiger partial charge is 0.306 e. The van der Waals surface area contributed by atoms with Gasteiger partial charge in [0.05, 0.1) is 195 Å². The summed E-state index contributed by atoms with van der Waals surface area (Å²) in [6, 6.07) is -2.67. The third kappa shape index (κ3) is 30.4. The topological polar surface area (TPSA) is 425 Å². The average Bonchev–Trinajstić information content (AvgIpc) is 1.37. The number of methoxy groups -OCH3 is 1. The van der Waals surface area contributed by atoms with Crippen molar-refractivity contribution < 1.29 is 124 Å². The van der Waals surface area contributed by atoms with Crippen LogP contribution in [0.5, 0.6) is 0 Å². The zero-order valence-corrected chi connectivity index (χ0v) is 63.3. The molecule has 0 spiro atoms. The van der Waals surface area contributed by atoms with Gasteiger partial charge >= 0.3 is 5.97 Å². The number of ether oxygens (including phenoxy) is 14. The Morgan fingerprint density at radius 3 is 1.56 bits per heavy atom. The summed E-state index contributed by atoms with van der Waals surface area (Å²) in [6.07, 6.45) is 6.20. The number of unbranched alkanes of at least 4 members (excludes halogenated alkanes) is 1. The molecule has 0 aromatic rings. The van der Waals surface area contributed by atoms with E-state index in [0.717, 1.165) is 5.57 Å². The molecule has 594 valence electrons. The summed E-state index contributed by atoms with van der Waals surface area (Å²) in [5.74, 6) is -7.31. The highest BCUT2D eigenvalue weighted by Gasteiger charge is 2.76. The van der Waals surface area contributed by atoms with Gasteiger partial charge in [0.15, 0.2) is 11.4 Å². The van der Waals surface area contributed by atoms with Crippen LogP contribution in [-0.2, 0) is 114 Å². The monoisotopic (exact) mass is 1570 g/mol. The molecule has 0 aliphatic heterocycles. The van der Waals surface area contributed by atoms with Gasteiger partial charge in [-0.3, -0.25) is 47.9 Å². The first-order valence-corrected chi connectivity index (χ1v) is 37.2. The molecule has 7 amide bonds. The molecular formula is C69H113BrClN7O26. The molecule has 33 nitrogen and oxygen atoms in total. The summed E-state index contributed by atoms with van der Waals surface area (Å²) >= 11 is 10.6. The van der Waals surface area contributed by atoms with Crippen LogP contribution in [0.1, 0.15) is 85.5 Å². The molecule has 0 saturated heterocycles. The van der Waals surface area contributed by atoms with Crippen LogP contribution in [0.3, 0.4) is 0 Å². The fourth-order valence-corrected chi connectivity index (χ4v) is 13.9. The van der Waals surface area contributed by atoms with E-state index in [2.05, 4.69) is 53.1 Å². The molecule has 35 heteroatoms. The van der Waals surface area contributed by atoms with E-state index in [1.165, 1.54) is 6.08 Å². The SMILES string of the molecule is CCC(=O)O[C@]1(C(=O)COCNC(=O)CNC(=O)CNC(=O)CNC(=O)[C@H](CO)NC(=O)[C@H](CCCCNC(=O)CCOCCOCCOCCOCCOCCOCCOCCOCCOCCOCCOCCOC)NC(=O)CBr)[C@@H](C)CC2[C@@H]3CCC4=CC(=O)C=C[C@]4(C)[C@@]3(Cl)[C@@H](O)C[C@@]21C. The van der Waals surface area contributed by atoms with Gasteiger partial charge in [0.2, 0.25) is 47.1 Å². The molecule has 10 atom stereocenters. The summed E-state index contributed by atoms with van der Waals surface area (Å²) in [6.45, 7) is 13.6. The number of rotatable bonds is 60. The number of halogens is 2. The summed E-state index contributed by atoms with van der Waals surface area (Å²) in [7, 11) is 1.63. The third-order valence-corrected chi connectivity index (χ3v) is 20.0. The van der Waals surface area contributed by atoms with Crippen molar-refractivity contribution in [3.05, 3.63) is 23.8 Å². The molecule has 0 radical (unpaired) electrons. The number of fused-ring (bicyclic) bond motifs is 5. The molecule has 0 aromatic heterocycles. The second-order valence-corrected chi connectivity index (χ2v) is 26.8. The number of ketones is 2. The molecule has 4 aliphatic carbocycles. The molecule has 0 aromatic carbocycles. The van der Waals surface area contributed by atoms with Gasteiger partial charge in [0.1, 0.15) is 25.4 Å². The van der Waals surface area contributed by atoms with E-state index in [9.17, 15) is 58.2 Å². The molecule has 3 fully saturated rings. The van der Waals surface area contributed by atoms with Gasteiger partial charge in [-0.1, -0.05) is 55.3 Å². The fraction of sp³-hybridized carbons (Fsp3) is 0.797. The molecule has 3 saturated carbocycles. The van der Waals surface area contributed by atoms with Crippen molar-refractivity contribution in [1.29, 1.82) is 0 Å². The van der Waals surface area contributed by atoms with E-state index in [1.807, 2.05) is 20.8 Å². The molecular weight excluding hydrogens is 1460 g/mol. The number of aliphatic hydroxyl groups is 2. The number of hydrogen-bond acceptors (Lipinski definition) is 26. The number of esters is 1. The number of hydrogen-bond donors (Lipinski definition) is 9. The van der Waals surface area contributed by atoms with Crippen molar-refractivity contribution in [3.8, 4) is 0 Å². The Kier molecular flexibility index (Phi) is 44.8. The van der Waals surface area contributed by atoms with Crippen LogP contribution in [0.25, 0.3) is 0 Å². The molecule has 104 heavy (non-hydrogen) atoms. The van der Waals surface area contributed by atoms with Crippen LogP contribution in [0.2, 0.25) is 0 Å². The Morgan fingerprint density at radius 2 is 1.08 bits per heavy atom. The lowest BCUT2D eigenvalue weighted by Crippen LogP contribution is -2.69. The van der Waals surface area contributed by atoms with Crippen LogP contribution in [0, 0.1) is 28.6 Å². The van der Waals surface area contributed by atoms with Gasteiger partial charge in [0.25, 0.3) is 0 Å². The van der Waals surface area contributed by atoms with Crippen LogP contribution < -0.4 is 37.2 Å². The fourth-order valence-electron chi connectivity index (χ4n) is 13.2. The van der Waals surface area contributed by atoms with E-state index < -0.39 is 132 Å². The van der Waals surface area contributed by atoms with Gasteiger partial charge in [-0.05, 0) is 68.9 Å². The Labute approximate surface area is 622 Å². The minimum atomic E-state index is -1.72. The number of aliphatic hydroxyl groups excluding tert-OH is 2. The van der Waals surface area contributed by atoms with Crippen LogP contribution in [-0.4, -0.2) is 308 Å². The molecule has 0 bridgehead atoms. The zero-order valence-electron chi connectivity index (χ0n) is 60.9. The summed E-state index contributed by atoms with van der Waals surface area (Å²) in [4.78, 5) is 128. The van der Waals surface area contributed by atoms with Crippen molar-refractivity contribution in [2.24, 2.45) is 28.6 Å². The Balaban J connectivity index is 0.968. The molecule has 9 N–H and O–H groups in total. The van der Waals surface area contributed by atoms with Crippen molar-refractivity contribution >= 4 is 86.4 Å². The summed E-state index contributed by atoms with van der Waals surface area (Å²) in [5.41, 5.74) is -2.80.